The smallest absolute Gasteiger partial charge is 0.220 e. The third kappa shape index (κ3) is 6.16. The van der Waals surface area contributed by atoms with Gasteiger partial charge in [-0.25, -0.2) is 4.98 Å². The molecule has 0 radical (unpaired) electrons. The summed E-state index contributed by atoms with van der Waals surface area (Å²) in [5.74, 6) is 1.14. The number of hydrogen-bond acceptors (Lipinski definition) is 3. The van der Waals surface area contributed by atoms with Gasteiger partial charge in [0.05, 0.1) is 11.0 Å². The van der Waals surface area contributed by atoms with E-state index in [-0.39, 0.29) is 5.91 Å². The molecule has 0 aliphatic rings. The molecule has 0 spiro atoms. The van der Waals surface area contributed by atoms with Gasteiger partial charge in [0.2, 0.25) is 5.91 Å². The van der Waals surface area contributed by atoms with Crippen molar-refractivity contribution in [3.8, 4) is 0 Å². The van der Waals surface area contributed by atoms with Crippen LogP contribution in [0.25, 0.3) is 11.0 Å². The topological polar surface area (TPSA) is 50.2 Å². The van der Waals surface area contributed by atoms with Crippen LogP contribution in [0, 0.1) is 6.92 Å². The van der Waals surface area contributed by atoms with Crippen LogP contribution in [0.1, 0.15) is 29.8 Å². The average Bonchev–Trinajstić information content (AvgIpc) is 3.05. The number of para-hydroxylation sites is 2. The zero-order valence-electron chi connectivity index (χ0n) is 17.8. The Morgan fingerprint density at radius 2 is 1.83 bits per heavy atom. The van der Waals surface area contributed by atoms with E-state index in [4.69, 9.17) is 4.98 Å². The number of rotatable bonds is 10. The minimum Gasteiger partial charge on any atom is -0.356 e. The maximum atomic E-state index is 12.2. The Morgan fingerprint density at radius 1 is 1.07 bits per heavy atom. The number of aromatic nitrogens is 2. The lowest BCUT2D eigenvalue weighted by Crippen LogP contribution is -2.26. The fourth-order valence-corrected chi connectivity index (χ4v) is 3.53. The third-order valence-corrected chi connectivity index (χ3v) is 5.15. The van der Waals surface area contributed by atoms with Crippen LogP contribution in [0.15, 0.2) is 48.5 Å². The number of fused-ring (bicyclic) bond motifs is 1. The molecule has 0 aliphatic carbocycles. The first-order valence-corrected chi connectivity index (χ1v) is 10.4. The monoisotopic (exact) mass is 392 g/mol. The molecule has 3 aromatic rings. The van der Waals surface area contributed by atoms with E-state index < -0.39 is 0 Å². The van der Waals surface area contributed by atoms with Crippen LogP contribution in [-0.4, -0.2) is 47.5 Å². The molecule has 5 nitrogen and oxygen atoms in total. The summed E-state index contributed by atoms with van der Waals surface area (Å²) < 4.78 is 2.30. The van der Waals surface area contributed by atoms with E-state index in [9.17, 15) is 4.79 Å². The predicted octanol–water partition coefficient (Wildman–Crippen LogP) is 3.59. The molecule has 1 N–H and O–H groups in total. The summed E-state index contributed by atoms with van der Waals surface area (Å²) in [6.45, 7) is 4.67. The van der Waals surface area contributed by atoms with Gasteiger partial charge in [-0.15, -0.1) is 0 Å². The molecule has 29 heavy (non-hydrogen) atoms. The van der Waals surface area contributed by atoms with Crippen LogP contribution < -0.4 is 5.32 Å². The van der Waals surface area contributed by atoms with Crippen molar-refractivity contribution in [1.82, 2.24) is 19.8 Å². The van der Waals surface area contributed by atoms with Crippen molar-refractivity contribution in [1.29, 1.82) is 0 Å². The fraction of sp³-hybridized carbons (Fsp3) is 0.417. The summed E-state index contributed by atoms with van der Waals surface area (Å²) in [5.41, 5.74) is 4.64. The van der Waals surface area contributed by atoms with Gasteiger partial charge in [0.15, 0.2) is 0 Å². The standard InChI is InChI=1S/C24H32N4O/c1-19-9-11-20(12-10-19)13-14-24(29)25-16-15-23-26-21-7-4-5-8-22(21)28(23)18-6-17-27(2)3/h4-5,7-12H,6,13-18H2,1-3H3,(H,25,29). The molecule has 2 aromatic carbocycles. The second-order valence-electron chi connectivity index (χ2n) is 7.91. The second kappa shape index (κ2) is 10.2. The highest BCUT2D eigenvalue weighted by molar-refractivity contribution is 5.77. The number of aryl methyl sites for hydroxylation is 3. The lowest BCUT2D eigenvalue weighted by atomic mass is 10.1. The van der Waals surface area contributed by atoms with E-state index in [0.717, 1.165) is 43.7 Å². The van der Waals surface area contributed by atoms with Crippen LogP contribution in [0.5, 0.6) is 0 Å². The molecular formula is C24H32N4O. The Balaban J connectivity index is 1.53. The molecular weight excluding hydrogens is 360 g/mol. The largest absolute Gasteiger partial charge is 0.356 e. The van der Waals surface area contributed by atoms with E-state index in [1.165, 1.54) is 16.6 Å². The van der Waals surface area contributed by atoms with Gasteiger partial charge in [0, 0.05) is 25.9 Å². The molecule has 0 saturated heterocycles. The lowest BCUT2D eigenvalue weighted by molar-refractivity contribution is -0.121. The first kappa shape index (κ1) is 21.1. The molecule has 1 heterocycles. The van der Waals surface area contributed by atoms with Gasteiger partial charge in [0.1, 0.15) is 5.82 Å². The van der Waals surface area contributed by atoms with Gasteiger partial charge < -0.3 is 14.8 Å². The first-order chi connectivity index (χ1) is 14.0. The quantitative estimate of drug-likeness (QED) is 0.574. The molecule has 0 saturated carbocycles. The average molecular weight is 393 g/mol. The van der Waals surface area contributed by atoms with Crippen LogP contribution in [-0.2, 0) is 24.2 Å². The van der Waals surface area contributed by atoms with Crippen molar-refractivity contribution in [2.45, 2.75) is 39.2 Å². The minimum absolute atomic E-state index is 0.0980. The maximum absolute atomic E-state index is 12.2. The van der Waals surface area contributed by atoms with Crippen molar-refractivity contribution in [3.63, 3.8) is 0 Å². The second-order valence-corrected chi connectivity index (χ2v) is 7.91. The van der Waals surface area contributed by atoms with Gasteiger partial charge in [-0.2, -0.15) is 0 Å². The molecule has 1 aromatic heterocycles. The molecule has 0 unspecified atom stereocenters. The molecule has 0 aliphatic heterocycles. The number of hydrogen-bond donors (Lipinski definition) is 1. The summed E-state index contributed by atoms with van der Waals surface area (Å²) in [6, 6.07) is 16.6. The third-order valence-electron chi connectivity index (χ3n) is 5.15. The number of carbonyl (C=O) groups is 1. The normalized spacial score (nSPS) is 11.3. The summed E-state index contributed by atoms with van der Waals surface area (Å²) in [7, 11) is 4.19. The highest BCUT2D eigenvalue weighted by Crippen LogP contribution is 2.17. The minimum atomic E-state index is 0.0980. The summed E-state index contributed by atoms with van der Waals surface area (Å²) in [6.07, 6.45) is 3.10. The molecule has 154 valence electrons. The van der Waals surface area contributed by atoms with Gasteiger partial charge in [-0.05, 0) is 58.1 Å². The van der Waals surface area contributed by atoms with Crippen LogP contribution in [0.4, 0.5) is 0 Å². The van der Waals surface area contributed by atoms with Crippen LogP contribution in [0.2, 0.25) is 0 Å². The Morgan fingerprint density at radius 3 is 2.59 bits per heavy atom. The number of imidazole rings is 1. The number of nitrogens with zero attached hydrogens (tertiary/aromatic N) is 3. The number of carbonyl (C=O) groups excluding carboxylic acids is 1. The van der Waals surface area contributed by atoms with Crippen molar-refractivity contribution < 1.29 is 4.79 Å². The maximum Gasteiger partial charge on any atom is 0.220 e. The Kier molecular flexibility index (Phi) is 7.42. The lowest BCUT2D eigenvalue weighted by Gasteiger charge is -2.13. The zero-order valence-corrected chi connectivity index (χ0v) is 17.8. The van der Waals surface area contributed by atoms with Crippen molar-refractivity contribution in [2.75, 3.05) is 27.2 Å². The summed E-state index contributed by atoms with van der Waals surface area (Å²) >= 11 is 0. The van der Waals surface area contributed by atoms with Crippen molar-refractivity contribution in [2.24, 2.45) is 0 Å². The van der Waals surface area contributed by atoms with E-state index in [1.807, 2.05) is 6.07 Å². The van der Waals surface area contributed by atoms with Gasteiger partial charge >= 0.3 is 0 Å². The van der Waals surface area contributed by atoms with Gasteiger partial charge in [-0.3, -0.25) is 4.79 Å². The van der Waals surface area contributed by atoms with Crippen molar-refractivity contribution >= 4 is 16.9 Å². The van der Waals surface area contributed by atoms with E-state index in [0.29, 0.717) is 13.0 Å². The number of benzene rings is 2. The zero-order chi connectivity index (χ0) is 20.6. The van der Waals surface area contributed by atoms with Crippen LogP contribution >= 0.6 is 0 Å². The number of nitrogens with one attached hydrogen (secondary N) is 1. The fourth-order valence-electron chi connectivity index (χ4n) is 3.53. The van der Waals surface area contributed by atoms with Crippen LogP contribution in [0.3, 0.4) is 0 Å². The SMILES string of the molecule is Cc1ccc(CCC(=O)NCCc2nc3ccccc3n2CCCN(C)C)cc1. The summed E-state index contributed by atoms with van der Waals surface area (Å²) in [4.78, 5) is 19.2. The Hall–Kier alpha value is -2.66. The molecule has 1 amide bonds. The molecule has 0 atom stereocenters. The number of amides is 1. The Labute approximate surface area is 173 Å². The highest BCUT2D eigenvalue weighted by atomic mass is 16.1. The van der Waals surface area contributed by atoms with Crippen molar-refractivity contribution in [3.05, 3.63) is 65.5 Å². The molecule has 0 fully saturated rings. The predicted molar refractivity (Wildman–Crippen MR) is 119 cm³/mol. The van der Waals surface area contributed by atoms with E-state index in [1.54, 1.807) is 0 Å². The molecule has 0 bridgehead atoms. The highest BCUT2D eigenvalue weighted by Gasteiger charge is 2.11. The van der Waals surface area contributed by atoms with Gasteiger partial charge in [-0.1, -0.05) is 42.0 Å². The van der Waals surface area contributed by atoms with Gasteiger partial charge in [0.25, 0.3) is 0 Å². The Bertz CT molecular complexity index is 928. The summed E-state index contributed by atoms with van der Waals surface area (Å²) in [5, 5.41) is 3.06. The van der Waals surface area contributed by atoms with E-state index >= 15 is 0 Å². The molecule has 5 heteroatoms. The first-order valence-electron chi connectivity index (χ1n) is 10.4. The van der Waals surface area contributed by atoms with E-state index in [2.05, 4.69) is 78.3 Å². The molecule has 3 rings (SSSR count).